The first-order valence-corrected chi connectivity index (χ1v) is 9.45. The van der Waals surface area contributed by atoms with Crippen LogP contribution in [0.25, 0.3) is 0 Å². The van der Waals surface area contributed by atoms with E-state index in [-0.39, 0.29) is 12.8 Å². The van der Waals surface area contributed by atoms with Gasteiger partial charge in [0, 0.05) is 39.3 Å². The standard InChI is InChI=1S/C21H25N3O3/c25-21(22-15-18-6-7-19-20(14-18)27-16-26-19)24-12-10-23(11-13-24)9-8-17-4-2-1-3-5-17/h1-7,14H,8-13,15-16H2,(H,22,25). The number of fused-ring (bicyclic) bond motifs is 1. The normalized spacial score (nSPS) is 16.4. The van der Waals surface area contributed by atoms with E-state index in [0.717, 1.165) is 56.2 Å². The van der Waals surface area contributed by atoms with Gasteiger partial charge < -0.3 is 19.7 Å². The topological polar surface area (TPSA) is 54.0 Å². The van der Waals surface area contributed by atoms with Gasteiger partial charge in [0.1, 0.15) is 0 Å². The second-order valence-electron chi connectivity index (χ2n) is 6.91. The number of carbonyl (C=O) groups is 1. The number of carbonyl (C=O) groups excluding carboxylic acids is 1. The number of hydrogen-bond donors (Lipinski definition) is 1. The molecule has 0 radical (unpaired) electrons. The van der Waals surface area contributed by atoms with Gasteiger partial charge in [0.25, 0.3) is 0 Å². The lowest BCUT2D eigenvalue weighted by Gasteiger charge is -2.34. The van der Waals surface area contributed by atoms with Gasteiger partial charge in [-0.2, -0.15) is 0 Å². The molecule has 1 N–H and O–H groups in total. The molecular weight excluding hydrogens is 342 g/mol. The summed E-state index contributed by atoms with van der Waals surface area (Å²) in [4.78, 5) is 16.8. The number of nitrogens with one attached hydrogen (secondary N) is 1. The Hall–Kier alpha value is -2.73. The Morgan fingerprint density at radius 3 is 2.52 bits per heavy atom. The monoisotopic (exact) mass is 367 g/mol. The van der Waals surface area contributed by atoms with E-state index in [4.69, 9.17) is 9.47 Å². The van der Waals surface area contributed by atoms with Gasteiger partial charge in [-0.25, -0.2) is 4.79 Å². The van der Waals surface area contributed by atoms with Crippen molar-refractivity contribution >= 4 is 6.03 Å². The molecule has 1 fully saturated rings. The minimum Gasteiger partial charge on any atom is -0.454 e. The molecule has 0 saturated carbocycles. The van der Waals surface area contributed by atoms with E-state index in [1.165, 1.54) is 5.56 Å². The van der Waals surface area contributed by atoms with E-state index in [9.17, 15) is 4.79 Å². The summed E-state index contributed by atoms with van der Waals surface area (Å²) in [5.74, 6) is 1.51. The molecule has 0 aromatic heterocycles. The summed E-state index contributed by atoms with van der Waals surface area (Å²) in [6.45, 7) is 5.16. The zero-order valence-corrected chi connectivity index (χ0v) is 15.4. The third-order valence-corrected chi connectivity index (χ3v) is 5.10. The average Bonchev–Trinajstić information content (AvgIpc) is 3.19. The van der Waals surface area contributed by atoms with E-state index in [1.807, 2.05) is 29.2 Å². The predicted octanol–water partition coefficient (Wildman–Crippen LogP) is 2.49. The van der Waals surface area contributed by atoms with Crippen molar-refractivity contribution in [2.75, 3.05) is 39.5 Å². The number of urea groups is 1. The Morgan fingerprint density at radius 2 is 1.70 bits per heavy atom. The van der Waals surface area contributed by atoms with Crippen molar-refractivity contribution in [1.82, 2.24) is 15.1 Å². The Balaban J connectivity index is 1.19. The molecule has 2 aromatic rings. The number of hydrogen-bond acceptors (Lipinski definition) is 4. The molecule has 0 unspecified atom stereocenters. The van der Waals surface area contributed by atoms with Gasteiger partial charge in [0.2, 0.25) is 6.79 Å². The van der Waals surface area contributed by atoms with Crippen molar-refractivity contribution in [3.63, 3.8) is 0 Å². The number of piperazine rings is 1. The van der Waals surface area contributed by atoms with Crippen molar-refractivity contribution < 1.29 is 14.3 Å². The number of ether oxygens (including phenoxy) is 2. The number of amides is 2. The minimum absolute atomic E-state index is 0.00428. The quantitative estimate of drug-likeness (QED) is 0.882. The summed E-state index contributed by atoms with van der Waals surface area (Å²) >= 11 is 0. The first-order chi connectivity index (χ1) is 13.3. The fourth-order valence-corrected chi connectivity index (χ4v) is 3.45. The maximum atomic E-state index is 12.4. The van der Waals surface area contributed by atoms with Gasteiger partial charge in [-0.05, 0) is 29.7 Å². The molecule has 1 saturated heterocycles. The highest BCUT2D eigenvalue weighted by Gasteiger charge is 2.21. The molecule has 2 aliphatic heterocycles. The van der Waals surface area contributed by atoms with Crippen molar-refractivity contribution in [2.45, 2.75) is 13.0 Å². The van der Waals surface area contributed by atoms with Crippen molar-refractivity contribution in [3.8, 4) is 11.5 Å². The van der Waals surface area contributed by atoms with Crippen molar-refractivity contribution in [1.29, 1.82) is 0 Å². The number of rotatable bonds is 5. The van der Waals surface area contributed by atoms with Gasteiger partial charge in [-0.1, -0.05) is 36.4 Å². The van der Waals surface area contributed by atoms with Crippen LogP contribution in [0.15, 0.2) is 48.5 Å². The Morgan fingerprint density at radius 1 is 0.926 bits per heavy atom. The molecule has 27 heavy (non-hydrogen) atoms. The van der Waals surface area contributed by atoms with Crippen LogP contribution in [0.1, 0.15) is 11.1 Å². The van der Waals surface area contributed by atoms with Gasteiger partial charge in [0.05, 0.1) is 0 Å². The molecule has 0 aliphatic carbocycles. The summed E-state index contributed by atoms with van der Waals surface area (Å²) in [5.41, 5.74) is 2.37. The molecular formula is C21H25N3O3. The van der Waals surface area contributed by atoms with Crippen LogP contribution >= 0.6 is 0 Å². The fourth-order valence-electron chi connectivity index (χ4n) is 3.45. The number of benzene rings is 2. The molecule has 0 atom stereocenters. The zero-order valence-electron chi connectivity index (χ0n) is 15.4. The number of nitrogens with zero attached hydrogens (tertiary/aromatic N) is 2. The third kappa shape index (κ3) is 4.52. The summed E-state index contributed by atoms with van der Waals surface area (Å²) in [6.07, 6.45) is 1.05. The molecule has 2 amide bonds. The maximum Gasteiger partial charge on any atom is 0.317 e. The fraction of sp³-hybridized carbons (Fsp3) is 0.381. The lowest BCUT2D eigenvalue weighted by Crippen LogP contribution is -2.51. The molecule has 0 spiro atoms. The maximum absolute atomic E-state index is 12.4. The van der Waals surface area contributed by atoms with Gasteiger partial charge in [-0.15, -0.1) is 0 Å². The highest BCUT2D eigenvalue weighted by Crippen LogP contribution is 2.32. The molecule has 6 heteroatoms. The van der Waals surface area contributed by atoms with Crippen LogP contribution < -0.4 is 14.8 Å². The van der Waals surface area contributed by atoms with Crippen molar-refractivity contribution in [2.24, 2.45) is 0 Å². The minimum atomic E-state index is -0.00428. The van der Waals surface area contributed by atoms with E-state index in [2.05, 4.69) is 34.5 Å². The van der Waals surface area contributed by atoms with Crippen LogP contribution in [0.4, 0.5) is 4.79 Å². The Bertz CT molecular complexity index is 773. The zero-order chi connectivity index (χ0) is 18.5. The van der Waals surface area contributed by atoms with Gasteiger partial charge >= 0.3 is 6.03 Å². The molecule has 2 heterocycles. The molecule has 6 nitrogen and oxygen atoms in total. The first-order valence-electron chi connectivity index (χ1n) is 9.45. The van der Waals surface area contributed by atoms with Gasteiger partial charge in [-0.3, -0.25) is 4.90 Å². The Labute approximate surface area is 159 Å². The van der Waals surface area contributed by atoms with Crippen LogP contribution in [0.3, 0.4) is 0 Å². The SMILES string of the molecule is O=C(NCc1ccc2c(c1)OCO2)N1CCN(CCc2ccccc2)CC1. The largest absolute Gasteiger partial charge is 0.454 e. The van der Waals surface area contributed by atoms with E-state index in [1.54, 1.807) is 0 Å². The summed E-state index contributed by atoms with van der Waals surface area (Å²) in [6, 6.07) is 16.3. The first kappa shape index (κ1) is 17.7. The van der Waals surface area contributed by atoms with E-state index >= 15 is 0 Å². The summed E-state index contributed by atoms with van der Waals surface area (Å²) in [7, 11) is 0. The average molecular weight is 367 g/mol. The van der Waals surface area contributed by atoms with Crippen LogP contribution in [0.5, 0.6) is 11.5 Å². The van der Waals surface area contributed by atoms with Crippen LogP contribution in [0, 0.1) is 0 Å². The van der Waals surface area contributed by atoms with E-state index in [0.29, 0.717) is 6.54 Å². The van der Waals surface area contributed by atoms with E-state index < -0.39 is 0 Å². The Kier molecular flexibility index (Phi) is 5.44. The highest BCUT2D eigenvalue weighted by molar-refractivity contribution is 5.74. The molecule has 0 bridgehead atoms. The third-order valence-electron chi connectivity index (χ3n) is 5.10. The summed E-state index contributed by atoms with van der Waals surface area (Å²) < 4.78 is 10.7. The van der Waals surface area contributed by atoms with Crippen LogP contribution in [0.2, 0.25) is 0 Å². The van der Waals surface area contributed by atoms with Gasteiger partial charge in [0.15, 0.2) is 11.5 Å². The molecule has 142 valence electrons. The van der Waals surface area contributed by atoms with Crippen LogP contribution in [-0.4, -0.2) is 55.3 Å². The second-order valence-corrected chi connectivity index (χ2v) is 6.91. The molecule has 4 rings (SSSR count). The molecule has 2 aromatic carbocycles. The second kappa shape index (κ2) is 8.31. The lowest BCUT2D eigenvalue weighted by molar-refractivity contribution is 0.140. The lowest BCUT2D eigenvalue weighted by atomic mass is 10.1. The highest BCUT2D eigenvalue weighted by atomic mass is 16.7. The van der Waals surface area contributed by atoms with Crippen LogP contribution in [-0.2, 0) is 13.0 Å². The predicted molar refractivity (Wildman–Crippen MR) is 103 cm³/mol. The summed E-state index contributed by atoms with van der Waals surface area (Å²) in [5, 5.41) is 3.00. The molecule has 2 aliphatic rings. The van der Waals surface area contributed by atoms with Crippen molar-refractivity contribution in [3.05, 3.63) is 59.7 Å². The smallest absolute Gasteiger partial charge is 0.317 e.